The molecule has 0 aliphatic rings. The second-order valence-corrected chi connectivity index (χ2v) is 6.66. The van der Waals surface area contributed by atoms with Crippen LogP contribution in [-0.4, -0.2) is 26.4 Å². The highest BCUT2D eigenvalue weighted by atomic mass is 32.2. The van der Waals surface area contributed by atoms with Gasteiger partial charge in [-0.25, -0.2) is 8.78 Å². The Hall–Kier alpha value is -2.68. The molecule has 1 N–H and O–H groups in total. The number of halogens is 2. The van der Waals surface area contributed by atoms with E-state index in [-0.39, 0.29) is 23.4 Å². The van der Waals surface area contributed by atoms with Gasteiger partial charge in [0.25, 0.3) is 0 Å². The number of carbonyl (C=O) groups excluding carboxylic acids is 1. The average molecular weight is 378 g/mol. The molecule has 0 radical (unpaired) electrons. The second kappa shape index (κ2) is 7.69. The molecular formula is C17H16F2N4O2S. The Morgan fingerprint density at radius 2 is 2.08 bits per heavy atom. The lowest BCUT2D eigenvalue weighted by Crippen LogP contribution is -2.15. The van der Waals surface area contributed by atoms with Gasteiger partial charge in [-0.2, -0.15) is 0 Å². The first-order valence-corrected chi connectivity index (χ1v) is 8.80. The molecule has 0 saturated heterocycles. The van der Waals surface area contributed by atoms with Crippen molar-refractivity contribution in [3.63, 3.8) is 0 Å². The molecule has 2 aromatic heterocycles. The molecule has 6 nitrogen and oxygen atoms in total. The summed E-state index contributed by atoms with van der Waals surface area (Å²) in [5.41, 5.74) is 0.191. The molecule has 0 aliphatic heterocycles. The Morgan fingerprint density at radius 3 is 2.73 bits per heavy atom. The van der Waals surface area contributed by atoms with Crippen molar-refractivity contribution in [1.29, 1.82) is 0 Å². The third kappa shape index (κ3) is 3.93. The van der Waals surface area contributed by atoms with Gasteiger partial charge in [0.15, 0.2) is 22.6 Å². The number of carbonyl (C=O) groups is 1. The summed E-state index contributed by atoms with van der Waals surface area (Å²) >= 11 is 1.20. The number of nitrogens with zero attached hydrogens (tertiary/aromatic N) is 3. The minimum absolute atomic E-state index is 0.0437. The molecule has 0 aliphatic carbocycles. The molecule has 1 aromatic carbocycles. The summed E-state index contributed by atoms with van der Waals surface area (Å²) in [6.07, 6.45) is 1.55. The normalized spacial score (nSPS) is 11.1. The van der Waals surface area contributed by atoms with Crippen LogP contribution >= 0.6 is 11.8 Å². The topological polar surface area (TPSA) is 73.0 Å². The van der Waals surface area contributed by atoms with Crippen LogP contribution < -0.4 is 5.32 Å². The number of hydrogen-bond acceptors (Lipinski definition) is 5. The number of anilines is 1. The van der Waals surface area contributed by atoms with E-state index < -0.39 is 11.6 Å². The number of rotatable bonds is 6. The zero-order chi connectivity index (χ0) is 18.7. The van der Waals surface area contributed by atoms with Crippen molar-refractivity contribution in [2.75, 3.05) is 11.1 Å². The first-order valence-electron chi connectivity index (χ1n) is 7.82. The van der Waals surface area contributed by atoms with E-state index in [0.29, 0.717) is 16.7 Å². The van der Waals surface area contributed by atoms with Crippen molar-refractivity contribution in [1.82, 2.24) is 14.8 Å². The van der Waals surface area contributed by atoms with Gasteiger partial charge in [-0.15, -0.1) is 10.2 Å². The van der Waals surface area contributed by atoms with E-state index in [4.69, 9.17) is 4.42 Å². The van der Waals surface area contributed by atoms with Gasteiger partial charge in [-0.3, -0.25) is 9.36 Å². The number of furan rings is 1. The largest absolute Gasteiger partial charge is 0.461 e. The van der Waals surface area contributed by atoms with Crippen molar-refractivity contribution >= 4 is 23.4 Å². The van der Waals surface area contributed by atoms with Gasteiger partial charge in [-0.1, -0.05) is 11.8 Å². The molecule has 0 fully saturated rings. The maximum Gasteiger partial charge on any atom is 0.234 e. The highest BCUT2D eigenvalue weighted by Crippen LogP contribution is 2.28. The van der Waals surface area contributed by atoms with Crippen LogP contribution in [-0.2, 0) is 4.79 Å². The average Bonchev–Trinajstić information content (AvgIpc) is 3.25. The smallest absolute Gasteiger partial charge is 0.234 e. The van der Waals surface area contributed by atoms with Gasteiger partial charge in [-0.05, 0) is 38.1 Å². The summed E-state index contributed by atoms with van der Waals surface area (Å²) in [6, 6.07) is 6.80. The van der Waals surface area contributed by atoms with Crippen molar-refractivity contribution < 1.29 is 18.0 Å². The van der Waals surface area contributed by atoms with Gasteiger partial charge in [0.05, 0.1) is 12.0 Å². The lowest BCUT2D eigenvalue weighted by Gasteiger charge is -2.12. The molecule has 9 heteroatoms. The highest BCUT2D eigenvalue weighted by molar-refractivity contribution is 7.99. The lowest BCUT2D eigenvalue weighted by molar-refractivity contribution is -0.113. The number of thioether (sulfide) groups is 1. The van der Waals surface area contributed by atoms with E-state index in [2.05, 4.69) is 15.5 Å². The molecule has 0 saturated carbocycles. The highest BCUT2D eigenvalue weighted by Gasteiger charge is 2.19. The van der Waals surface area contributed by atoms with Gasteiger partial charge in [0.2, 0.25) is 11.7 Å². The fourth-order valence-electron chi connectivity index (χ4n) is 2.32. The molecule has 26 heavy (non-hydrogen) atoms. The van der Waals surface area contributed by atoms with Gasteiger partial charge in [0, 0.05) is 17.8 Å². The molecule has 0 atom stereocenters. The number of hydrogen-bond donors (Lipinski definition) is 1. The van der Waals surface area contributed by atoms with Crippen LogP contribution in [0.5, 0.6) is 0 Å². The molecule has 3 aromatic rings. The van der Waals surface area contributed by atoms with E-state index in [1.54, 1.807) is 18.4 Å². The van der Waals surface area contributed by atoms with E-state index in [1.807, 2.05) is 18.4 Å². The fraction of sp³-hybridized carbons (Fsp3) is 0.235. The molecule has 1 amide bonds. The lowest BCUT2D eigenvalue weighted by atomic mass is 10.3. The van der Waals surface area contributed by atoms with E-state index in [1.165, 1.54) is 17.8 Å². The first-order chi connectivity index (χ1) is 12.5. The van der Waals surface area contributed by atoms with E-state index in [0.717, 1.165) is 12.1 Å². The quantitative estimate of drug-likeness (QED) is 0.653. The zero-order valence-corrected chi connectivity index (χ0v) is 14.9. The van der Waals surface area contributed by atoms with Crippen molar-refractivity contribution in [3.05, 3.63) is 48.2 Å². The number of nitrogens with one attached hydrogen (secondary N) is 1. The summed E-state index contributed by atoms with van der Waals surface area (Å²) in [5, 5.41) is 11.3. The summed E-state index contributed by atoms with van der Waals surface area (Å²) in [6.45, 7) is 3.95. The maximum atomic E-state index is 13.2. The maximum absolute atomic E-state index is 13.2. The van der Waals surface area contributed by atoms with Gasteiger partial charge in [0.1, 0.15) is 0 Å². The van der Waals surface area contributed by atoms with Crippen molar-refractivity contribution in [2.45, 2.75) is 25.0 Å². The number of benzene rings is 1. The first kappa shape index (κ1) is 18.1. The molecule has 0 bridgehead atoms. The second-order valence-electron chi connectivity index (χ2n) is 5.71. The van der Waals surface area contributed by atoms with Gasteiger partial charge < -0.3 is 9.73 Å². The molecule has 0 unspecified atom stereocenters. The Balaban J connectivity index is 1.69. The fourth-order valence-corrected chi connectivity index (χ4v) is 3.18. The van der Waals surface area contributed by atoms with Crippen LogP contribution in [0.1, 0.15) is 19.9 Å². The molecule has 0 spiro atoms. The van der Waals surface area contributed by atoms with Crippen LogP contribution in [0.4, 0.5) is 14.5 Å². The molecular weight excluding hydrogens is 362 g/mol. The predicted molar refractivity (Wildman–Crippen MR) is 93.8 cm³/mol. The molecule has 2 heterocycles. The Bertz CT molecular complexity index is 910. The minimum atomic E-state index is -1.02. The van der Waals surface area contributed by atoms with Crippen LogP contribution in [0.2, 0.25) is 0 Å². The van der Waals surface area contributed by atoms with E-state index in [9.17, 15) is 13.6 Å². The van der Waals surface area contributed by atoms with Crippen LogP contribution in [0.25, 0.3) is 11.6 Å². The van der Waals surface area contributed by atoms with Crippen LogP contribution in [0.3, 0.4) is 0 Å². The van der Waals surface area contributed by atoms with Crippen molar-refractivity contribution in [2.24, 2.45) is 0 Å². The minimum Gasteiger partial charge on any atom is -0.461 e. The summed E-state index contributed by atoms with van der Waals surface area (Å²) < 4.78 is 33.4. The summed E-state index contributed by atoms with van der Waals surface area (Å²) in [7, 11) is 0. The number of amides is 1. The predicted octanol–water partition coefficient (Wildman–Crippen LogP) is 4.13. The number of aromatic nitrogens is 3. The Morgan fingerprint density at radius 1 is 1.27 bits per heavy atom. The summed E-state index contributed by atoms with van der Waals surface area (Å²) in [5.74, 6) is -1.13. The zero-order valence-electron chi connectivity index (χ0n) is 14.1. The Labute approximate surface area is 152 Å². The Kier molecular flexibility index (Phi) is 5.36. The van der Waals surface area contributed by atoms with Crippen LogP contribution in [0, 0.1) is 11.6 Å². The van der Waals surface area contributed by atoms with Crippen LogP contribution in [0.15, 0.2) is 46.2 Å². The molecule has 3 rings (SSSR count). The van der Waals surface area contributed by atoms with Crippen molar-refractivity contribution in [3.8, 4) is 11.6 Å². The SMILES string of the molecule is CC(C)n1c(SCC(=O)Nc2ccc(F)c(F)c2)nnc1-c1ccco1. The monoisotopic (exact) mass is 378 g/mol. The van der Waals surface area contributed by atoms with Gasteiger partial charge >= 0.3 is 0 Å². The molecule has 136 valence electrons. The van der Waals surface area contributed by atoms with E-state index >= 15 is 0 Å². The standard InChI is InChI=1S/C17H16F2N4O2S/c1-10(2)23-16(14-4-3-7-25-14)21-22-17(23)26-9-15(24)20-11-5-6-12(18)13(19)8-11/h3-8,10H,9H2,1-2H3,(H,20,24). The third-order valence-corrected chi connectivity index (χ3v) is 4.40. The third-order valence-electron chi connectivity index (χ3n) is 3.46. The summed E-state index contributed by atoms with van der Waals surface area (Å²) in [4.78, 5) is 12.1.